The monoisotopic (exact) mass is 502 g/mol. The molecule has 0 bridgehead atoms. The Morgan fingerprint density at radius 1 is 1.27 bits per heavy atom. The fourth-order valence-corrected chi connectivity index (χ4v) is 4.00. The van der Waals surface area contributed by atoms with E-state index in [0.717, 1.165) is 4.57 Å². The van der Waals surface area contributed by atoms with Crippen LogP contribution in [0.4, 0.5) is 10.2 Å². The van der Waals surface area contributed by atoms with E-state index in [1.165, 1.54) is 24.5 Å². The van der Waals surface area contributed by atoms with Crippen molar-refractivity contribution in [2.24, 2.45) is 0 Å². The molecule has 0 amide bonds. The van der Waals surface area contributed by atoms with Crippen LogP contribution in [0.25, 0.3) is 17.2 Å². The first-order chi connectivity index (χ1) is 14.5. The third-order valence-corrected chi connectivity index (χ3v) is 5.93. The molecule has 1 unspecified atom stereocenters. The second-order valence-electron chi connectivity index (χ2n) is 5.77. The number of hydrogen-bond donors (Lipinski definition) is 2. The van der Waals surface area contributed by atoms with E-state index in [1.54, 1.807) is 6.08 Å². The summed E-state index contributed by atoms with van der Waals surface area (Å²) in [7, 11) is -3.39. The van der Waals surface area contributed by atoms with Crippen molar-refractivity contribution >= 4 is 29.5 Å². The number of benzene rings is 1. The van der Waals surface area contributed by atoms with Crippen molar-refractivity contribution in [3.63, 3.8) is 0 Å². The Morgan fingerprint density at radius 2 is 2.13 bits per heavy atom. The van der Waals surface area contributed by atoms with Gasteiger partial charge in [0, 0.05) is 13.1 Å². The molecule has 1 atom stereocenters. The van der Waals surface area contributed by atoms with E-state index < -0.39 is 19.3 Å². The quantitative estimate of drug-likeness (QED) is 0.362. The molecule has 12 nitrogen and oxygen atoms in total. The average molecular weight is 503 g/mol. The normalized spacial score (nSPS) is 18.3. The molecule has 0 saturated carbocycles. The summed E-state index contributed by atoms with van der Waals surface area (Å²) in [5, 5.41) is 16.8. The van der Waals surface area contributed by atoms with E-state index in [9.17, 15) is 13.8 Å². The summed E-state index contributed by atoms with van der Waals surface area (Å²) in [4.78, 5) is 12.2. The standard InChI is InChI=1S/C15H13BrFN6O6P/c16-10-8-9(2-3-11(10)17)23-14(22-28-15(23)24)12-13(21-29-20-12)18-4-5-19-30(25)26-6-1-7-27-30/h1-3,6,8H,4-5,7H2,(H,18,21)(H,19,25). The molecule has 1 aromatic carbocycles. The molecule has 15 heteroatoms. The van der Waals surface area contributed by atoms with Crippen LogP contribution in [-0.2, 0) is 13.6 Å². The lowest BCUT2D eigenvalue weighted by molar-refractivity contribution is 0.244. The smallest absolute Gasteiger partial charge is 0.421 e. The molecule has 0 aliphatic carbocycles. The molecule has 30 heavy (non-hydrogen) atoms. The Hall–Kier alpha value is -2.80. The topological polar surface area (TPSA) is 147 Å². The summed E-state index contributed by atoms with van der Waals surface area (Å²) in [5.41, 5.74) is 0.374. The largest absolute Gasteiger partial charge is 0.458 e. The molecule has 4 rings (SSSR count). The minimum atomic E-state index is -3.39. The van der Waals surface area contributed by atoms with Crippen LogP contribution in [0.2, 0.25) is 0 Å². The van der Waals surface area contributed by atoms with Crippen molar-refractivity contribution in [1.29, 1.82) is 0 Å². The average Bonchev–Trinajstić information content (AvgIpc) is 3.34. The van der Waals surface area contributed by atoms with Gasteiger partial charge in [-0.2, -0.15) is 0 Å². The Kier molecular flexibility index (Phi) is 5.81. The van der Waals surface area contributed by atoms with Crippen molar-refractivity contribution in [2.45, 2.75) is 0 Å². The molecule has 2 N–H and O–H groups in total. The third kappa shape index (κ3) is 4.21. The summed E-state index contributed by atoms with van der Waals surface area (Å²) in [6.45, 7) is 0.595. The Labute approximate surface area is 175 Å². The van der Waals surface area contributed by atoms with E-state index in [4.69, 9.17) is 18.2 Å². The van der Waals surface area contributed by atoms with Crippen LogP contribution in [0.1, 0.15) is 0 Å². The summed E-state index contributed by atoms with van der Waals surface area (Å²) in [5.74, 6) is -1.16. The van der Waals surface area contributed by atoms with Gasteiger partial charge in [0.2, 0.25) is 11.6 Å². The third-order valence-electron chi connectivity index (χ3n) is 3.83. The van der Waals surface area contributed by atoms with E-state index in [2.05, 4.69) is 41.8 Å². The van der Waals surface area contributed by atoms with Crippen LogP contribution >= 0.6 is 23.7 Å². The minimum Gasteiger partial charge on any atom is -0.421 e. The molecule has 2 aromatic heterocycles. The van der Waals surface area contributed by atoms with Gasteiger partial charge >= 0.3 is 13.5 Å². The van der Waals surface area contributed by atoms with E-state index in [0.29, 0.717) is 0 Å². The Balaban J connectivity index is 1.51. The highest BCUT2D eigenvalue weighted by molar-refractivity contribution is 9.10. The number of aromatic nitrogens is 4. The number of rotatable bonds is 7. The highest BCUT2D eigenvalue weighted by Crippen LogP contribution is 2.45. The van der Waals surface area contributed by atoms with Crippen molar-refractivity contribution < 1.29 is 27.2 Å². The van der Waals surface area contributed by atoms with Crippen LogP contribution in [-0.4, -0.2) is 39.7 Å². The summed E-state index contributed by atoms with van der Waals surface area (Å²) in [6, 6.07) is 3.95. The van der Waals surface area contributed by atoms with Gasteiger partial charge in [-0.1, -0.05) is 5.16 Å². The fourth-order valence-electron chi connectivity index (χ4n) is 2.49. The van der Waals surface area contributed by atoms with Crippen LogP contribution in [0.15, 0.2) is 49.0 Å². The van der Waals surface area contributed by atoms with Gasteiger partial charge in [-0.25, -0.2) is 28.0 Å². The SMILES string of the molecule is O=c1onc(-c2nonc2NCCNP2(=O)OC=CCO2)n1-c1ccc(F)c(Br)c1. The van der Waals surface area contributed by atoms with E-state index in [-0.39, 0.29) is 47.2 Å². The van der Waals surface area contributed by atoms with Crippen LogP contribution < -0.4 is 16.2 Å². The molecule has 3 heterocycles. The van der Waals surface area contributed by atoms with Crippen molar-refractivity contribution in [1.82, 2.24) is 25.1 Å². The zero-order valence-corrected chi connectivity index (χ0v) is 17.4. The molecule has 3 aromatic rings. The number of nitrogens with one attached hydrogen (secondary N) is 2. The predicted octanol–water partition coefficient (Wildman–Crippen LogP) is 2.45. The maximum atomic E-state index is 13.5. The van der Waals surface area contributed by atoms with Gasteiger partial charge in [-0.15, -0.1) is 0 Å². The van der Waals surface area contributed by atoms with Crippen LogP contribution in [0.3, 0.4) is 0 Å². The van der Waals surface area contributed by atoms with Gasteiger partial charge in [-0.3, -0.25) is 9.05 Å². The number of hydrogen-bond acceptors (Lipinski definition) is 10. The zero-order chi connectivity index (χ0) is 21.1. The number of halogens is 2. The van der Waals surface area contributed by atoms with Gasteiger partial charge in [-0.05, 0) is 50.5 Å². The minimum absolute atomic E-state index is 0.00732. The van der Waals surface area contributed by atoms with E-state index in [1.807, 2.05) is 0 Å². The molecule has 0 fully saturated rings. The maximum absolute atomic E-state index is 13.5. The number of anilines is 1. The van der Waals surface area contributed by atoms with Gasteiger partial charge in [0.05, 0.1) is 23.0 Å². The Morgan fingerprint density at radius 3 is 2.90 bits per heavy atom. The molecule has 158 valence electrons. The highest BCUT2D eigenvalue weighted by Gasteiger charge is 2.26. The summed E-state index contributed by atoms with van der Waals surface area (Å²) in [6.07, 6.45) is 2.89. The summed E-state index contributed by atoms with van der Waals surface area (Å²) >= 11 is 3.07. The van der Waals surface area contributed by atoms with Gasteiger partial charge in [0.15, 0.2) is 5.69 Å². The lowest BCUT2D eigenvalue weighted by atomic mass is 10.3. The first kappa shape index (κ1) is 20.5. The van der Waals surface area contributed by atoms with Crippen molar-refractivity contribution in [3.05, 3.63) is 51.4 Å². The molecule has 0 saturated heterocycles. The lowest BCUT2D eigenvalue weighted by Crippen LogP contribution is -2.22. The fraction of sp³-hybridized carbons (Fsp3) is 0.200. The molecular formula is C15H13BrFN6O6P. The van der Waals surface area contributed by atoms with E-state index >= 15 is 0 Å². The maximum Gasteiger partial charge on any atom is 0.458 e. The molecule has 0 radical (unpaired) electrons. The molecule has 1 aliphatic heterocycles. The highest BCUT2D eigenvalue weighted by atomic mass is 79.9. The van der Waals surface area contributed by atoms with Gasteiger partial charge < -0.3 is 9.84 Å². The Bertz CT molecular complexity index is 1190. The van der Waals surface area contributed by atoms with Crippen LogP contribution in [0.5, 0.6) is 0 Å². The van der Waals surface area contributed by atoms with Crippen molar-refractivity contribution in [3.8, 4) is 17.2 Å². The first-order valence-electron chi connectivity index (χ1n) is 8.41. The summed E-state index contributed by atoms with van der Waals surface area (Å²) < 4.78 is 46.4. The number of nitrogens with zero attached hydrogens (tertiary/aromatic N) is 4. The van der Waals surface area contributed by atoms with Crippen molar-refractivity contribution in [2.75, 3.05) is 25.0 Å². The second-order valence-corrected chi connectivity index (χ2v) is 8.41. The zero-order valence-electron chi connectivity index (χ0n) is 14.9. The molecule has 1 aliphatic rings. The lowest BCUT2D eigenvalue weighted by Gasteiger charge is -2.19. The second kappa shape index (κ2) is 8.52. The van der Waals surface area contributed by atoms with Gasteiger partial charge in [0.25, 0.3) is 0 Å². The van der Waals surface area contributed by atoms with Crippen LogP contribution in [0, 0.1) is 5.82 Å². The molecule has 0 spiro atoms. The predicted molar refractivity (Wildman–Crippen MR) is 103 cm³/mol. The van der Waals surface area contributed by atoms with Gasteiger partial charge in [0.1, 0.15) is 5.82 Å². The first-order valence-corrected chi connectivity index (χ1v) is 10.7. The molecular weight excluding hydrogens is 490 g/mol.